The van der Waals surface area contributed by atoms with Crippen molar-refractivity contribution < 1.29 is 9.18 Å². The lowest BCUT2D eigenvalue weighted by molar-refractivity contribution is 0.0958. The third-order valence-electron chi connectivity index (χ3n) is 5.56. The van der Waals surface area contributed by atoms with Crippen LogP contribution in [0.15, 0.2) is 46.1 Å². The van der Waals surface area contributed by atoms with Gasteiger partial charge in [-0.15, -0.1) is 11.8 Å². The number of benzene rings is 1. The number of aromatic amines is 1. The molecular weight excluding hydrogens is 451 g/mol. The third-order valence-corrected chi connectivity index (χ3v) is 6.60. The third kappa shape index (κ3) is 4.44. The Labute approximate surface area is 193 Å². The van der Waals surface area contributed by atoms with E-state index in [1.807, 2.05) is 18.4 Å². The fourth-order valence-electron chi connectivity index (χ4n) is 3.81. The van der Waals surface area contributed by atoms with E-state index in [2.05, 4.69) is 26.3 Å². The molecule has 1 aliphatic heterocycles. The number of aromatic nitrogens is 2. The molecule has 0 radical (unpaired) electrons. The summed E-state index contributed by atoms with van der Waals surface area (Å²) in [7, 11) is 1.54. The van der Waals surface area contributed by atoms with Gasteiger partial charge in [0.05, 0.1) is 10.4 Å². The van der Waals surface area contributed by atoms with Crippen molar-refractivity contribution in [3.05, 3.63) is 74.6 Å². The smallest absolute Gasteiger partial charge is 0.269 e. The first-order valence-electron chi connectivity index (χ1n) is 10.1. The fraction of sp³-hybridized carbons (Fsp3) is 0.261. The molecule has 166 valence electrons. The maximum absolute atomic E-state index is 15.1. The molecule has 0 atom stereocenters. The molecule has 1 amide bonds. The molecule has 0 saturated carbocycles. The van der Waals surface area contributed by atoms with Crippen LogP contribution in [-0.2, 0) is 6.54 Å². The molecule has 32 heavy (non-hydrogen) atoms. The summed E-state index contributed by atoms with van der Waals surface area (Å²) in [5.74, 6) is -0.676. The molecular formula is C23H22ClFN4O2S. The topological polar surface area (TPSA) is 78.1 Å². The van der Waals surface area contributed by atoms with Gasteiger partial charge in [-0.2, -0.15) is 0 Å². The standard InChI is InChI=1S/C23H22ClFN4O2S/c1-26-22(30)17-6-5-16(21(24)27-17)13-7-9-29(10-8-13)12-15-4-3-14-11-18(32-2)23(31)28-20(14)19(15)25/h3-7,11H,8-10,12H2,1-2H3,(H,26,30)(H,28,31). The van der Waals surface area contributed by atoms with Crippen LogP contribution < -0.4 is 10.9 Å². The van der Waals surface area contributed by atoms with E-state index in [0.29, 0.717) is 34.1 Å². The molecule has 0 fully saturated rings. The predicted octanol–water partition coefficient (Wildman–Crippen LogP) is 4.09. The number of hydrogen-bond acceptors (Lipinski definition) is 5. The molecule has 6 nitrogen and oxygen atoms in total. The van der Waals surface area contributed by atoms with Crippen molar-refractivity contribution in [2.45, 2.75) is 17.9 Å². The normalized spacial score (nSPS) is 14.4. The van der Waals surface area contributed by atoms with Crippen LogP contribution in [-0.4, -0.2) is 47.2 Å². The largest absolute Gasteiger partial charge is 0.354 e. The van der Waals surface area contributed by atoms with Crippen molar-refractivity contribution in [3.63, 3.8) is 0 Å². The highest BCUT2D eigenvalue weighted by molar-refractivity contribution is 7.98. The highest BCUT2D eigenvalue weighted by atomic mass is 35.5. The first-order chi connectivity index (χ1) is 15.4. The number of rotatable bonds is 5. The quantitative estimate of drug-likeness (QED) is 0.432. The minimum Gasteiger partial charge on any atom is -0.354 e. The minimum atomic E-state index is -0.390. The summed E-state index contributed by atoms with van der Waals surface area (Å²) in [6.45, 7) is 1.78. The van der Waals surface area contributed by atoms with Crippen LogP contribution in [0, 0.1) is 5.82 Å². The second-order valence-electron chi connectivity index (χ2n) is 7.50. The zero-order chi connectivity index (χ0) is 22.8. The van der Waals surface area contributed by atoms with E-state index < -0.39 is 0 Å². The number of carbonyl (C=O) groups excluding carboxylic acids is 1. The minimum absolute atomic E-state index is 0.243. The van der Waals surface area contributed by atoms with Gasteiger partial charge in [0, 0.05) is 43.2 Å². The van der Waals surface area contributed by atoms with Crippen LogP contribution in [0.5, 0.6) is 0 Å². The Morgan fingerprint density at radius 1 is 1.34 bits per heavy atom. The van der Waals surface area contributed by atoms with E-state index in [0.717, 1.165) is 24.1 Å². The van der Waals surface area contributed by atoms with Gasteiger partial charge in [0.25, 0.3) is 11.5 Å². The summed E-state index contributed by atoms with van der Waals surface area (Å²) in [4.78, 5) is 33.4. The van der Waals surface area contributed by atoms with Gasteiger partial charge in [0.2, 0.25) is 0 Å². The average molecular weight is 473 g/mol. The first-order valence-corrected chi connectivity index (χ1v) is 11.7. The van der Waals surface area contributed by atoms with Gasteiger partial charge in [-0.3, -0.25) is 14.5 Å². The molecule has 0 spiro atoms. The van der Waals surface area contributed by atoms with Crippen LogP contribution in [0.25, 0.3) is 16.5 Å². The Hall–Kier alpha value is -2.68. The number of hydrogen-bond donors (Lipinski definition) is 2. The molecule has 0 unspecified atom stereocenters. The van der Waals surface area contributed by atoms with Gasteiger partial charge < -0.3 is 10.3 Å². The molecule has 4 rings (SSSR count). The number of nitrogens with one attached hydrogen (secondary N) is 2. The van der Waals surface area contributed by atoms with Crippen molar-refractivity contribution in [3.8, 4) is 0 Å². The van der Waals surface area contributed by atoms with E-state index in [9.17, 15) is 9.59 Å². The zero-order valence-corrected chi connectivity index (χ0v) is 19.2. The molecule has 0 aliphatic carbocycles. The highest BCUT2D eigenvalue weighted by Gasteiger charge is 2.19. The number of nitrogens with zero attached hydrogens (tertiary/aromatic N) is 2. The van der Waals surface area contributed by atoms with Crippen molar-refractivity contribution in [1.82, 2.24) is 20.2 Å². The Morgan fingerprint density at radius 3 is 2.81 bits per heavy atom. The number of thioether (sulfide) groups is 1. The van der Waals surface area contributed by atoms with Crippen LogP contribution in [0.1, 0.15) is 28.0 Å². The SMILES string of the molecule is CNC(=O)c1ccc(C2=CCN(Cc3ccc4cc(SC)c(=O)[nH]c4c3F)CC2)c(Cl)n1. The summed E-state index contributed by atoms with van der Waals surface area (Å²) < 4.78 is 15.1. The van der Waals surface area contributed by atoms with Gasteiger partial charge in [0.15, 0.2) is 5.82 Å². The van der Waals surface area contributed by atoms with Crippen molar-refractivity contribution in [2.75, 3.05) is 26.4 Å². The highest BCUT2D eigenvalue weighted by Crippen LogP contribution is 2.29. The fourth-order valence-corrected chi connectivity index (χ4v) is 4.56. The second kappa shape index (κ2) is 9.44. The Bertz CT molecular complexity index is 1290. The van der Waals surface area contributed by atoms with Crippen molar-refractivity contribution in [1.29, 1.82) is 0 Å². The zero-order valence-electron chi connectivity index (χ0n) is 17.7. The molecule has 0 bridgehead atoms. The maximum atomic E-state index is 15.1. The average Bonchev–Trinajstić information content (AvgIpc) is 2.81. The number of H-pyrrole nitrogens is 1. The number of amides is 1. The molecule has 3 heterocycles. The number of carbonyl (C=O) groups is 1. The van der Waals surface area contributed by atoms with E-state index in [1.54, 1.807) is 25.2 Å². The number of fused-ring (bicyclic) bond motifs is 1. The molecule has 2 aromatic heterocycles. The molecule has 3 aromatic rings. The lowest BCUT2D eigenvalue weighted by Crippen LogP contribution is -2.28. The summed E-state index contributed by atoms with van der Waals surface area (Å²) in [6.07, 6.45) is 4.60. The molecule has 1 aromatic carbocycles. The summed E-state index contributed by atoms with van der Waals surface area (Å²) in [5.41, 5.74) is 2.63. The molecule has 2 N–H and O–H groups in total. The Morgan fingerprint density at radius 2 is 2.16 bits per heavy atom. The van der Waals surface area contributed by atoms with Crippen molar-refractivity contribution >= 4 is 45.7 Å². The van der Waals surface area contributed by atoms with Crippen LogP contribution in [0.3, 0.4) is 0 Å². The second-order valence-corrected chi connectivity index (χ2v) is 8.70. The summed E-state index contributed by atoms with van der Waals surface area (Å²) in [5, 5.41) is 3.50. The number of halogens is 2. The lowest BCUT2D eigenvalue weighted by Gasteiger charge is -2.27. The van der Waals surface area contributed by atoms with E-state index >= 15 is 4.39 Å². The lowest BCUT2D eigenvalue weighted by atomic mass is 10.00. The molecule has 0 saturated heterocycles. The molecule has 9 heteroatoms. The van der Waals surface area contributed by atoms with Crippen LogP contribution in [0.4, 0.5) is 4.39 Å². The van der Waals surface area contributed by atoms with Gasteiger partial charge >= 0.3 is 0 Å². The van der Waals surface area contributed by atoms with Crippen molar-refractivity contribution in [2.24, 2.45) is 0 Å². The van der Waals surface area contributed by atoms with Gasteiger partial charge in [-0.05, 0) is 36.4 Å². The van der Waals surface area contributed by atoms with Crippen LogP contribution in [0.2, 0.25) is 5.15 Å². The summed E-state index contributed by atoms with van der Waals surface area (Å²) in [6, 6.07) is 8.80. The van der Waals surface area contributed by atoms with Crippen LogP contribution >= 0.6 is 23.4 Å². The van der Waals surface area contributed by atoms with E-state index in [1.165, 1.54) is 11.8 Å². The van der Waals surface area contributed by atoms with Gasteiger partial charge in [-0.25, -0.2) is 9.37 Å². The monoisotopic (exact) mass is 472 g/mol. The van der Waals surface area contributed by atoms with E-state index in [4.69, 9.17) is 11.6 Å². The maximum Gasteiger partial charge on any atom is 0.269 e. The van der Waals surface area contributed by atoms with E-state index in [-0.39, 0.29) is 28.5 Å². The first kappa shape index (κ1) is 22.5. The summed E-state index contributed by atoms with van der Waals surface area (Å²) >= 11 is 7.65. The Balaban J connectivity index is 1.51. The predicted molar refractivity (Wildman–Crippen MR) is 127 cm³/mol. The number of pyridine rings is 2. The van der Waals surface area contributed by atoms with Gasteiger partial charge in [-0.1, -0.05) is 29.8 Å². The molecule has 1 aliphatic rings. The Kier molecular flexibility index (Phi) is 6.64. The van der Waals surface area contributed by atoms with Gasteiger partial charge in [0.1, 0.15) is 10.8 Å².